The second-order valence-corrected chi connectivity index (χ2v) is 55.0. The largest absolute Gasteiger partial charge is 0.368 e. The van der Waals surface area contributed by atoms with E-state index in [1.165, 1.54) is 50.0 Å². The van der Waals surface area contributed by atoms with E-state index >= 15 is 0 Å². The summed E-state index contributed by atoms with van der Waals surface area (Å²) in [6.07, 6.45) is 40.6. The van der Waals surface area contributed by atoms with Crippen LogP contribution < -0.4 is 20.9 Å². The lowest BCUT2D eigenvalue weighted by molar-refractivity contribution is -0.119. The highest BCUT2D eigenvalue weighted by molar-refractivity contribution is 8.00. The lowest BCUT2D eigenvalue weighted by atomic mass is 10.0. The molecule has 26 heteroatoms. The summed E-state index contributed by atoms with van der Waals surface area (Å²) in [5, 5.41) is 15.7. The van der Waals surface area contributed by atoms with Gasteiger partial charge in [-0.25, -0.2) is 46.8 Å². The molecule has 5 heterocycles. The summed E-state index contributed by atoms with van der Waals surface area (Å²) < 4.78 is 121. The van der Waals surface area contributed by atoms with Crippen molar-refractivity contribution in [3.63, 3.8) is 0 Å². The molecule has 0 radical (unpaired) electrons. The van der Waals surface area contributed by atoms with Crippen LogP contribution in [0.4, 0.5) is 5.69 Å². The van der Waals surface area contributed by atoms with Crippen molar-refractivity contribution in [2.75, 3.05) is 40.2 Å². The van der Waals surface area contributed by atoms with Crippen molar-refractivity contribution in [2.24, 2.45) is 5.73 Å². The molecule has 20 nitrogen and oxygen atoms in total. The smallest absolute Gasteiger partial charge is 0.240 e. The maximum absolute atomic E-state index is 12.1. The molecule has 0 bridgehead atoms. The van der Waals surface area contributed by atoms with Crippen molar-refractivity contribution in [3.05, 3.63) is 215 Å². The number of fused-ring (bicyclic) bond motifs is 2. The van der Waals surface area contributed by atoms with Crippen LogP contribution in [0.1, 0.15) is 311 Å². The molecule has 5 N–H and O–H groups in total. The van der Waals surface area contributed by atoms with Crippen molar-refractivity contribution in [1.29, 1.82) is 0 Å². The molecule has 0 unspecified atom stereocenters. The second-order valence-electron chi connectivity index (χ2n) is 40.1. The quantitative estimate of drug-likeness (QED) is 0.0204. The average molecular weight is 1900 g/mol. The Morgan fingerprint density at radius 1 is 0.400 bits per heavy atom. The SMILES string of the molecule is CC(C)(C)S(=O)(=O)CCCCCCCc1ccc(-n2ccc3ccccc32)cc1.CC(C)(C)S(=O)(=O)CCCCCCCc1ccc(-n2cccn2)cc1.CC(C)(C)S(=O)(=O)CCCCCCCc1ccc(C2=CSNN2)cc1.CC(C)(C)S(=O)(=O)CCCCCCCc1ccc(N2CCC[C@H]2C(N)=O)cc1.CC(C)(C)S(=O)(=O)CCCCCCCc1ccc2[nH]ncc2c1. The van der Waals surface area contributed by atoms with E-state index in [4.69, 9.17) is 5.73 Å². The van der Waals surface area contributed by atoms with E-state index in [0.717, 1.165) is 240 Å². The molecule has 1 amide bonds. The molecular weight excluding hydrogens is 1740 g/mol. The van der Waals surface area contributed by atoms with Gasteiger partial charge >= 0.3 is 0 Å². The number of amides is 1. The maximum atomic E-state index is 12.1. The monoisotopic (exact) mass is 1900 g/mol. The number of hydrogen-bond donors (Lipinski definition) is 4. The number of nitrogens with two attached hydrogens (primary N) is 1. The molecule has 2 aliphatic rings. The highest BCUT2D eigenvalue weighted by Gasteiger charge is 2.33. The van der Waals surface area contributed by atoms with Crippen LogP contribution in [0, 0.1) is 0 Å². The van der Waals surface area contributed by atoms with Gasteiger partial charge in [-0.15, -0.1) is 0 Å². The summed E-state index contributed by atoms with van der Waals surface area (Å²) in [6, 6.07) is 53.2. The summed E-state index contributed by atoms with van der Waals surface area (Å²) in [7, 11) is -14.8. The van der Waals surface area contributed by atoms with E-state index in [1.807, 2.05) is 23.1 Å². The van der Waals surface area contributed by atoms with Gasteiger partial charge < -0.3 is 20.6 Å². The number of H-pyrrole nitrogens is 1. The number of nitrogens with one attached hydrogen (secondary N) is 3. The zero-order chi connectivity index (χ0) is 95.3. The molecule has 0 spiro atoms. The normalized spacial score (nSPS) is 14.2. The van der Waals surface area contributed by atoms with Gasteiger partial charge in [0.1, 0.15) is 6.04 Å². The number of unbranched alkanes of at least 4 members (excludes halogenated alkanes) is 20. The van der Waals surface area contributed by atoms with Crippen molar-refractivity contribution in [1.82, 2.24) is 34.8 Å². The fourth-order valence-corrected chi connectivity index (χ4v) is 21.7. The number of sulfone groups is 5. The molecule has 1 fully saturated rings. The number of hydrazine groups is 1. The number of rotatable bonds is 45. The molecule has 1 atom stereocenters. The number of benzene rings is 6. The minimum absolute atomic E-state index is 0.173. The minimum Gasteiger partial charge on any atom is -0.368 e. The molecule has 130 heavy (non-hydrogen) atoms. The number of aryl methyl sites for hydroxylation is 5. The molecule has 6 aromatic carbocycles. The standard InChI is InChI=1S/C25H33NO2S.C22H36N2O3S.C20H30N2O2S.C19H30N2O2S2.C18H28N2O2S/c1-25(2,3)29(27,28)20-10-6-4-5-7-11-21-14-16-23(17-15-21)26-19-18-22-12-8-9-13-24(22)26;1-22(2,3)28(26,27)17-8-6-4-5-7-10-18-12-14-19(15-13-18)24-16-9-11-20(24)21(23)25;1-20(2,3)25(23,24)17-8-6-4-5-7-10-18-11-13-19(14-12-18)22-16-9-15-21-22;1-19(2,3)25(22,23)14-8-6-4-5-7-9-16-10-12-17(13-11-16)18-15-24-21-20-18;1-18(2,3)23(21,22)12-8-6-4-5-7-9-15-10-11-17-16(13-15)14-19-20-17/h8-9,12-19H,4-7,10-11,20H2,1-3H3;12-15,20H,4-11,16-17H2,1-3H3,(H2,23,25);9,11-16H,4-8,10,17H2,1-3H3;10-13,15,20-21H,4-9,14H2,1-3H3;10-11,13-14H,4-9,12H2,1-3H3,(H,19,20)/t;20-;;;/m.0.../s1. The average Bonchev–Trinajstić information content (AvgIpc) is 1.60. The third kappa shape index (κ3) is 37.0. The van der Waals surface area contributed by atoms with Gasteiger partial charge in [-0.05, 0) is 330 Å². The van der Waals surface area contributed by atoms with Gasteiger partial charge in [-0.3, -0.25) is 9.89 Å². The Labute approximate surface area is 787 Å². The predicted octanol–water partition coefficient (Wildman–Crippen LogP) is 23.5. The van der Waals surface area contributed by atoms with Crippen LogP contribution >= 0.6 is 11.9 Å². The van der Waals surface area contributed by atoms with Crippen molar-refractivity contribution >= 4 is 100 Å². The first-order valence-corrected chi connectivity index (χ1v) is 56.8. The van der Waals surface area contributed by atoms with E-state index in [0.29, 0.717) is 28.8 Å². The van der Waals surface area contributed by atoms with Crippen LogP contribution in [0.15, 0.2) is 182 Å². The van der Waals surface area contributed by atoms with Gasteiger partial charge in [0.25, 0.3) is 0 Å². The highest BCUT2D eigenvalue weighted by atomic mass is 32.2. The number of carbonyl (C=O) groups is 1. The fraction of sp³-hybridized carbons (Fsp3) is 0.567. The number of aromatic amines is 1. The summed E-state index contributed by atoms with van der Waals surface area (Å²) in [5.74, 6) is 1.30. The first kappa shape index (κ1) is 109. The van der Waals surface area contributed by atoms with Crippen molar-refractivity contribution in [2.45, 2.75) is 339 Å². The third-order valence-corrected chi connectivity index (χ3v) is 38.7. The molecule has 0 aliphatic carbocycles. The second kappa shape index (κ2) is 52.3. The first-order valence-electron chi connectivity index (χ1n) is 47.7. The van der Waals surface area contributed by atoms with Crippen LogP contribution in [-0.4, -0.2) is 138 Å². The molecule has 0 saturated carbocycles. The Morgan fingerprint density at radius 3 is 1.14 bits per heavy atom. The first-order chi connectivity index (χ1) is 61.3. The predicted molar refractivity (Wildman–Crippen MR) is 549 cm³/mol. The Balaban J connectivity index is 0.000000223. The van der Waals surface area contributed by atoms with Crippen LogP contribution in [0.5, 0.6) is 0 Å². The summed E-state index contributed by atoms with van der Waals surface area (Å²) in [5.41, 5.74) is 23.3. The van der Waals surface area contributed by atoms with Gasteiger partial charge in [-0.1, -0.05) is 181 Å². The zero-order valence-corrected chi connectivity index (χ0v) is 85.9. The number of primary amides is 1. The lowest BCUT2D eigenvalue weighted by Gasteiger charge is -2.24. The molecule has 2 aliphatic heterocycles. The van der Waals surface area contributed by atoms with Crippen LogP contribution in [-0.2, 0) is 86.1 Å². The van der Waals surface area contributed by atoms with Gasteiger partial charge in [0.05, 0.1) is 81.1 Å². The molecule has 3 aromatic heterocycles. The van der Waals surface area contributed by atoms with E-state index < -0.39 is 72.9 Å². The molecular formula is C104H157N9O11S6. The van der Waals surface area contributed by atoms with Crippen LogP contribution in [0.2, 0.25) is 0 Å². The molecule has 9 aromatic rings. The number of anilines is 1. The van der Waals surface area contributed by atoms with Gasteiger partial charge in [0.2, 0.25) is 5.91 Å². The maximum Gasteiger partial charge on any atom is 0.240 e. The van der Waals surface area contributed by atoms with E-state index in [-0.39, 0.29) is 11.9 Å². The Bertz CT molecular complexity index is 5470. The van der Waals surface area contributed by atoms with E-state index in [2.05, 4.69) is 192 Å². The van der Waals surface area contributed by atoms with Crippen LogP contribution in [0.3, 0.4) is 0 Å². The van der Waals surface area contributed by atoms with Gasteiger partial charge in [0.15, 0.2) is 49.2 Å². The number of carbonyl (C=O) groups excluding carboxylic acids is 1. The number of para-hydroxylation sites is 1. The molecule has 720 valence electrons. The zero-order valence-electron chi connectivity index (χ0n) is 81.0. The van der Waals surface area contributed by atoms with Gasteiger partial charge in [-0.2, -0.15) is 15.0 Å². The van der Waals surface area contributed by atoms with Crippen LogP contribution in [0.25, 0.3) is 38.9 Å². The number of hydrogen-bond acceptors (Lipinski definition) is 17. The Hall–Kier alpha value is -7.59. The van der Waals surface area contributed by atoms with Crippen molar-refractivity contribution in [3.8, 4) is 11.4 Å². The number of nitrogens with zero attached hydrogens (tertiary/aromatic N) is 5. The van der Waals surface area contributed by atoms with E-state index in [1.54, 1.807) is 122 Å². The minimum atomic E-state index is -2.99. The third-order valence-electron chi connectivity index (χ3n) is 24.6. The number of aromatic nitrogens is 5. The van der Waals surface area contributed by atoms with E-state index in [9.17, 15) is 46.9 Å². The summed E-state index contributed by atoms with van der Waals surface area (Å²) in [6.45, 7) is 27.6. The fourth-order valence-electron chi connectivity index (χ4n) is 15.2. The summed E-state index contributed by atoms with van der Waals surface area (Å²) >= 11 is 1.55. The Kier molecular flexibility index (Phi) is 44.0. The lowest BCUT2D eigenvalue weighted by Crippen LogP contribution is -2.40. The van der Waals surface area contributed by atoms with Crippen molar-refractivity contribution < 1.29 is 46.9 Å². The molecule has 11 rings (SSSR count). The molecule has 1 saturated heterocycles. The Morgan fingerprint density at radius 2 is 0.762 bits per heavy atom. The van der Waals surface area contributed by atoms with Gasteiger partial charge in [0, 0.05) is 47.3 Å². The topological polar surface area (TPSA) is 293 Å². The highest BCUT2D eigenvalue weighted by Crippen LogP contribution is 2.30. The summed E-state index contributed by atoms with van der Waals surface area (Å²) in [4.78, 5) is 16.7.